The fraction of sp³-hybridized carbons (Fsp3) is 0.347. The molecule has 66 heavy (non-hydrogen) atoms. The molecule has 1 amide bonds. The standard InChI is InChI=1S/C19H11F5N2O2.C15H19Br2NO.C15H19I2NO/c20-12-6-7-16(15(21)10-12)26-17(27)14-5-2-8-25-18(14)28-13-4-1-3-11(9-13)19(22,23)24;2*1-2-3-4-5-6-7-8-19-15-13(16)9-12(11-18)10-14(15)17/h1-10H,(H,26,27);2*9-10H,2-8H2,1H3. The van der Waals surface area contributed by atoms with Crippen LogP contribution in [0.5, 0.6) is 23.1 Å². The summed E-state index contributed by atoms with van der Waals surface area (Å²) in [5.41, 5.74) is -0.0457. The second-order valence-electron chi connectivity index (χ2n) is 14.6. The first-order valence-corrected chi connectivity index (χ1v) is 25.0. The third kappa shape index (κ3) is 20.0. The number of amides is 1. The third-order valence-electron chi connectivity index (χ3n) is 9.31. The van der Waals surface area contributed by atoms with E-state index in [9.17, 15) is 26.7 Å². The number of aromatic nitrogens is 1. The minimum Gasteiger partial charge on any atom is -0.491 e. The van der Waals surface area contributed by atoms with Crippen molar-refractivity contribution in [3.8, 4) is 35.3 Å². The largest absolute Gasteiger partial charge is 0.491 e. The number of ether oxygens (including phenoxy) is 3. The van der Waals surface area contributed by atoms with E-state index in [1.165, 1.54) is 88.6 Å². The molecule has 0 unspecified atom stereocenters. The molecule has 17 heteroatoms. The zero-order valence-corrected chi connectivity index (χ0v) is 43.8. The number of anilines is 1. The number of halogens is 9. The van der Waals surface area contributed by atoms with Gasteiger partial charge in [-0.3, -0.25) is 4.79 Å². The quantitative estimate of drug-likeness (QED) is 0.0468. The highest BCUT2D eigenvalue weighted by Gasteiger charge is 2.31. The van der Waals surface area contributed by atoms with E-state index in [1.54, 1.807) is 12.1 Å². The number of unbranched alkanes of at least 4 members (excludes halogenated alkanes) is 10. The van der Waals surface area contributed by atoms with Crippen LogP contribution in [0.25, 0.3) is 0 Å². The topological polar surface area (TPSA) is 117 Å². The van der Waals surface area contributed by atoms with Crippen LogP contribution in [-0.2, 0) is 6.18 Å². The number of nitrogens with zero attached hydrogens (tertiary/aromatic N) is 3. The molecule has 0 saturated carbocycles. The highest BCUT2D eigenvalue weighted by molar-refractivity contribution is 14.1. The molecule has 0 fully saturated rings. The summed E-state index contributed by atoms with van der Waals surface area (Å²) in [4.78, 5) is 16.3. The molecule has 0 aliphatic rings. The first-order valence-electron chi connectivity index (χ1n) is 21.2. The molecule has 0 bridgehead atoms. The minimum atomic E-state index is -4.57. The van der Waals surface area contributed by atoms with E-state index in [-0.39, 0.29) is 22.9 Å². The smallest absolute Gasteiger partial charge is 0.416 e. The van der Waals surface area contributed by atoms with Crippen molar-refractivity contribution in [2.45, 2.75) is 97.1 Å². The fourth-order valence-electron chi connectivity index (χ4n) is 5.91. The summed E-state index contributed by atoms with van der Waals surface area (Å²) in [6, 6.07) is 20.9. The third-order valence-corrected chi connectivity index (χ3v) is 12.1. The highest BCUT2D eigenvalue weighted by atomic mass is 127. The molecule has 1 aromatic heterocycles. The van der Waals surface area contributed by atoms with Gasteiger partial charge in [0.2, 0.25) is 5.88 Å². The Morgan fingerprint density at radius 1 is 0.712 bits per heavy atom. The number of hydrogen-bond acceptors (Lipinski definition) is 7. The van der Waals surface area contributed by atoms with Gasteiger partial charge in [-0.05, 0) is 157 Å². The Kier molecular flexibility index (Phi) is 25.9. The second-order valence-corrected chi connectivity index (χ2v) is 18.6. The molecule has 0 radical (unpaired) electrons. The van der Waals surface area contributed by atoms with Gasteiger partial charge in [0.1, 0.15) is 34.4 Å². The van der Waals surface area contributed by atoms with Gasteiger partial charge in [-0.25, -0.2) is 13.8 Å². The van der Waals surface area contributed by atoms with Crippen molar-refractivity contribution in [3.05, 3.63) is 135 Å². The van der Waals surface area contributed by atoms with Crippen molar-refractivity contribution in [2.24, 2.45) is 0 Å². The van der Waals surface area contributed by atoms with E-state index in [2.05, 4.69) is 113 Å². The Balaban J connectivity index is 0.000000272. The molecule has 1 N–H and O–H groups in total. The van der Waals surface area contributed by atoms with Crippen LogP contribution in [0.2, 0.25) is 0 Å². The molecule has 0 aliphatic carbocycles. The lowest BCUT2D eigenvalue weighted by atomic mass is 10.1. The van der Waals surface area contributed by atoms with Gasteiger partial charge in [-0.2, -0.15) is 23.7 Å². The van der Waals surface area contributed by atoms with Crippen LogP contribution in [0, 0.1) is 41.4 Å². The highest BCUT2D eigenvalue weighted by Crippen LogP contribution is 2.36. The van der Waals surface area contributed by atoms with Gasteiger partial charge in [0, 0.05) is 12.3 Å². The van der Waals surface area contributed by atoms with Gasteiger partial charge in [-0.1, -0.05) is 84.1 Å². The number of nitrogens with one attached hydrogen (secondary N) is 1. The maximum absolute atomic E-state index is 13.7. The first kappa shape index (κ1) is 56.3. The van der Waals surface area contributed by atoms with Crippen molar-refractivity contribution in [2.75, 3.05) is 18.5 Å². The van der Waals surface area contributed by atoms with Crippen LogP contribution < -0.4 is 19.5 Å². The summed E-state index contributed by atoms with van der Waals surface area (Å²) in [5, 5.41) is 20.0. The summed E-state index contributed by atoms with van der Waals surface area (Å²) in [7, 11) is 0. The molecule has 352 valence electrons. The van der Waals surface area contributed by atoms with E-state index in [0.29, 0.717) is 17.2 Å². The SMILES string of the molecule is CCCCCCCCOc1c(Br)cc(C#N)cc1Br.CCCCCCCCOc1c(I)cc(C#N)cc1I.O=C(Nc1ccc(F)cc1F)c1cccnc1Oc1cccc(C(F)(F)F)c1. The normalized spacial score (nSPS) is 10.6. The fourth-order valence-corrected chi connectivity index (χ4v) is 9.41. The lowest BCUT2D eigenvalue weighted by molar-refractivity contribution is -0.137. The number of rotatable bonds is 20. The van der Waals surface area contributed by atoms with Crippen LogP contribution >= 0.6 is 77.0 Å². The van der Waals surface area contributed by atoms with Gasteiger partial charge in [-0.15, -0.1) is 0 Å². The zero-order chi connectivity index (χ0) is 48.5. The molecule has 8 nitrogen and oxygen atoms in total. The predicted molar refractivity (Wildman–Crippen MR) is 271 cm³/mol. The molecule has 5 rings (SSSR count). The maximum Gasteiger partial charge on any atom is 0.416 e. The van der Waals surface area contributed by atoms with Crippen LogP contribution in [0.1, 0.15) is 118 Å². The number of alkyl halides is 3. The van der Waals surface area contributed by atoms with E-state index in [0.717, 1.165) is 84.0 Å². The Morgan fingerprint density at radius 2 is 1.26 bits per heavy atom. The van der Waals surface area contributed by atoms with Crippen LogP contribution in [-0.4, -0.2) is 24.1 Å². The molecular formula is C49H49Br2F5I2N4O4. The maximum atomic E-state index is 13.7. The van der Waals surface area contributed by atoms with Crippen molar-refractivity contribution in [1.29, 1.82) is 10.5 Å². The van der Waals surface area contributed by atoms with Crippen LogP contribution in [0.4, 0.5) is 27.6 Å². The van der Waals surface area contributed by atoms with Crippen molar-refractivity contribution >= 4 is 88.6 Å². The zero-order valence-electron chi connectivity index (χ0n) is 36.4. The van der Waals surface area contributed by atoms with E-state index in [4.69, 9.17) is 24.7 Å². The predicted octanol–water partition coefficient (Wildman–Crippen LogP) is 16.8. The first-order chi connectivity index (χ1) is 31.6. The number of hydrogen-bond donors (Lipinski definition) is 1. The monoisotopic (exact) mass is 1260 g/mol. The Morgan fingerprint density at radius 3 is 1.80 bits per heavy atom. The Labute approximate surface area is 427 Å². The number of carbonyl (C=O) groups excluding carboxylic acids is 1. The van der Waals surface area contributed by atoms with Gasteiger partial charge in [0.15, 0.2) is 0 Å². The average Bonchev–Trinajstić information content (AvgIpc) is 3.28. The van der Waals surface area contributed by atoms with Gasteiger partial charge >= 0.3 is 6.18 Å². The summed E-state index contributed by atoms with van der Waals surface area (Å²) >= 11 is 11.3. The lowest BCUT2D eigenvalue weighted by Crippen LogP contribution is -2.14. The van der Waals surface area contributed by atoms with Crippen LogP contribution in [0.3, 0.4) is 0 Å². The minimum absolute atomic E-state index is 0.149. The van der Waals surface area contributed by atoms with Gasteiger partial charge in [0.25, 0.3) is 5.91 Å². The van der Waals surface area contributed by atoms with Crippen molar-refractivity contribution in [1.82, 2.24) is 4.98 Å². The van der Waals surface area contributed by atoms with Crippen molar-refractivity contribution < 1.29 is 41.0 Å². The van der Waals surface area contributed by atoms with Gasteiger partial charge < -0.3 is 19.5 Å². The van der Waals surface area contributed by atoms with Crippen molar-refractivity contribution in [3.63, 3.8) is 0 Å². The lowest BCUT2D eigenvalue weighted by Gasteiger charge is -2.12. The summed E-state index contributed by atoms with van der Waals surface area (Å²) < 4.78 is 85.8. The number of pyridine rings is 1. The molecule has 5 aromatic rings. The molecule has 0 atom stereocenters. The molecule has 4 aromatic carbocycles. The van der Waals surface area contributed by atoms with Gasteiger partial charge in [0.05, 0.1) is 63.8 Å². The number of benzene rings is 4. The molecule has 0 saturated heterocycles. The second kappa shape index (κ2) is 30.4. The van der Waals surface area contributed by atoms with E-state index < -0.39 is 29.3 Å². The molecule has 0 aliphatic heterocycles. The number of nitriles is 2. The number of carbonyl (C=O) groups is 1. The Hall–Kier alpha value is -4.05. The summed E-state index contributed by atoms with van der Waals surface area (Å²) in [6.45, 7) is 5.94. The molecule has 0 spiro atoms. The summed E-state index contributed by atoms with van der Waals surface area (Å²) in [5.74, 6) is -1.39. The van der Waals surface area contributed by atoms with E-state index >= 15 is 0 Å². The van der Waals surface area contributed by atoms with Crippen LogP contribution in [0.15, 0.2) is 94.0 Å². The Bertz CT molecular complexity index is 2280. The average molecular weight is 1270 g/mol. The molecular weight excluding hydrogens is 1220 g/mol. The van der Waals surface area contributed by atoms with E-state index in [1.807, 2.05) is 12.1 Å². The summed E-state index contributed by atoms with van der Waals surface area (Å²) in [6.07, 6.45) is 11.8. The molecule has 1 heterocycles.